The number of benzene rings is 1. The van der Waals surface area contributed by atoms with Gasteiger partial charge < -0.3 is 23.8 Å². The Morgan fingerprint density at radius 1 is 1.04 bits per heavy atom. The Balaban J connectivity index is 1.49. The Kier molecular flexibility index (Phi) is 5.39. The second kappa shape index (κ2) is 7.75. The summed E-state index contributed by atoms with van der Waals surface area (Å²) in [5, 5.41) is 0. The molecule has 5 heteroatoms. The minimum atomic E-state index is -0.153. The fourth-order valence-electron chi connectivity index (χ4n) is 4.79. The first-order valence-corrected chi connectivity index (χ1v) is 9.93. The molecule has 1 spiro atoms. The van der Waals surface area contributed by atoms with Crippen molar-refractivity contribution in [1.82, 2.24) is 4.90 Å². The zero-order valence-electron chi connectivity index (χ0n) is 16.1. The lowest BCUT2D eigenvalue weighted by atomic mass is 9.79. The minimum absolute atomic E-state index is 0.153. The minimum Gasteiger partial charge on any atom is -0.493 e. The molecule has 3 aliphatic heterocycles. The van der Waals surface area contributed by atoms with Crippen LogP contribution in [0, 0.1) is 5.92 Å². The highest BCUT2D eigenvalue weighted by atomic mass is 16.5. The zero-order valence-corrected chi connectivity index (χ0v) is 16.1. The molecule has 0 N–H and O–H groups in total. The summed E-state index contributed by atoms with van der Waals surface area (Å²) in [5.74, 6) is 2.42. The van der Waals surface area contributed by atoms with Gasteiger partial charge >= 0.3 is 0 Å². The molecule has 0 bridgehead atoms. The maximum absolute atomic E-state index is 6.40. The molecule has 0 saturated carbocycles. The molecule has 0 aliphatic carbocycles. The van der Waals surface area contributed by atoms with Gasteiger partial charge in [0.15, 0.2) is 11.5 Å². The fraction of sp³-hybridized carbons (Fsp3) is 0.714. The molecule has 0 aromatic heterocycles. The molecule has 144 valence electrons. The Labute approximate surface area is 156 Å². The molecule has 1 aromatic rings. The Hall–Kier alpha value is -1.30. The van der Waals surface area contributed by atoms with Gasteiger partial charge in [0.1, 0.15) is 0 Å². The van der Waals surface area contributed by atoms with Crippen molar-refractivity contribution in [3.8, 4) is 11.5 Å². The van der Waals surface area contributed by atoms with Gasteiger partial charge in [0.25, 0.3) is 0 Å². The van der Waals surface area contributed by atoms with Crippen molar-refractivity contribution in [3.05, 3.63) is 23.3 Å². The Bertz CT molecular complexity index is 619. The lowest BCUT2D eigenvalue weighted by molar-refractivity contribution is -0.100. The van der Waals surface area contributed by atoms with Crippen molar-refractivity contribution < 1.29 is 18.9 Å². The molecule has 2 saturated heterocycles. The van der Waals surface area contributed by atoms with Crippen LogP contribution in [0.2, 0.25) is 0 Å². The van der Waals surface area contributed by atoms with Gasteiger partial charge in [-0.3, -0.25) is 0 Å². The SMILES string of the molecule is COc1cc2c(cc1OC)C1(CCN(CC3CCOCC3)CC1)OCC2. The molecule has 0 amide bonds. The number of hydrogen-bond donors (Lipinski definition) is 0. The van der Waals surface area contributed by atoms with E-state index in [-0.39, 0.29) is 5.60 Å². The van der Waals surface area contributed by atoms with E-state index in [1.165, 1.54) is 30.5 Å². The van der Waals surface area contributed by atoms with Crippen molar-refractivity contribution in [3.63, 3.8) is 0 Å². The largest absolute Gasteiger partial charge is 0.493 e. The first kappa shape index (κ1) is 18.1. The van der Waals surface area contributed by atoms with Crippen LogP contribution >= 0.6 is 0 Å². The van der Waals surface area contributed by atoms with E-state index < -0.39 is 0 Å². The van der Waals surface area contributed by atoms with E-state index in [4.69, 9.17) is 18.9 Å². The van der Waals surface area contributed by atoms with Gasteiger partial charge in [0.05, 0.1) is 26.4 Å². The monoisotopic (exact) mass is 361 g/mol. The molecule has 1 aromatic carbocycles. The van der Waals surface area contributed by atoms with E-state index in [2.05, 4.69) is 17.0 Å². The van der Waals surface area contributed by atoms with Gasteiger partial charge in [0, 0.05) is 32.8 Å². The van der Waals surface area contributed by atoms with E-state index >= 15 is 0 Å². The number of piperidine rings is 1. The Morgan fingerprint density at radius 3 is 2.42 bits per heavy atom. The normalized spacial score (nSPS) is 23.6. The lowest BCUT2D eigenvalue weighted by Gasteiger charge is -2.46. The predicted octanol–water partition coefficient (Wildman–Crippen LogP) is 2.99. The predicted molar refractivity (Wildman–Crippen MR) is 100 cm³/mol. The van der Waals surface area contributed by atoms with Crippen LogP contribution in [0.15, 0.2) is 12.1 Å². The van der Waals surface area contributed by atoms with E-state index in [0.717, 1.165) is 69.6 Å². The van der Waals surface area contributed by atoms with Crippen molar-refractivity contribution in [2.45, 2.75) is 37.7 Å². The van der Waals surface area contributed by atoms with Crippen LogP contribution in [0.3, 0.4) is 0 Å². The molecular weight excluding hydrogens is 330 g/mol. The first-order valence-electron chi connectivity index (χ1n) is 9.93. The summed E-state index contributed by atoms with van der Waals surface area (Å²) in [7, 11) is 3.41. The van der Waals surface area contributed by atoms with E-state index in [1.54, 1.807) is 14.2 Å². The molecular formula is C21H31NO4. The quantitative estimate of drug-likeness (QED) is 0.825. The average Bonchev–Trinajstić information content (AvgIpc) is 2.70. The smallest absolute Gasteiger partial charge is 0.161 e. The van der Waals surface area contributed by atoms with Crippen molar-refractivity contribution in [1.29, 1.82) is 0 Å². The van der Waals surface area contributed by atoms with Gasteiger partial charge in [0.2, 0.25) is 0 Å². The summed E-state index contributed by atoms with van der Waals surface area (Å²) in [6.45, 7) is 6.07. The maximum Gasteiger partial charge on any atom is 0.161 e. The standard InChI is InChI=1S/C21H31NO4/c1-23-19-13-17-5-12-26-21(18(17)14-20(19)24-2)6-8-22(9-7-21)15-16-3-10-25-11-4-16/h13-14,16H,3-12,15H2,1-2H3. The summed E-state index contributed by atoms with van der Waals surface area (Å²) in [6, 6.07) is 4.30. The number of rotatable bonds is 4. The summed E-state index contributed by atoms with van der Waals surface area (Å²) in [6.07, 6.45) is 5.47. The lowest BCUT2D eigenvalue weighted by Crippen LogP contribution is -2.48. The van der Waals surface area contributed by atoms with Gasteiger partial charge in [-0.1, -0.05) is 0 Å². The molecule has 5 nitrogen and oxygen atoms in total. The van der Waals surface area contributed by atoms with Crippen LogP contribution < -0.4 is 9.47 Å². The van der Waals surface area contributed by atoms with Crippen LogP contribution in [0.25, 0.3) is 0 Å². The van der Waals surface area contributed by atoms with Gasteiger partial charge in [-0.25, -0.2) is 0 Å². The summed E-state index contributed by atoms with van der Waals surface area (Å²) in [5.41, 5.74) is 2.51. The highest BCUT2D eigenvalue weighted by Crippen LogP contribution is 2.45. The average molecular weight is 361 g/mol. The number of fused-ring (bicyclic) bond motifs is 2. The number of methoxy groups -OCH3 is 2. The topological polar surface area (TPSA) is 40.2 Å². The number of ether oxygens (including phenoxy) is 4. The second-order valence-corrected chi connectivity index (χ2v) is 7.81. The molecule has 3 heterocycles. The third-order valence-corrected chi connectivity index (χ3v) is 6.37. The van der Waals surface area contributed by atoms with Crippen molar-refractivity contribution in [2.24, 2.45) is 5.92 Å². The molecule has 0 unspecified atom stereocenters. The number of likely N-dealkylation sites (tertiary alicyclic amines) is 1. The highest BCUT2D eigenvalue weighted by Gasteiger charge is 2.41. The molecule has 0 radical (unpaired) electrons. The van der Waals surface area contributed by atoms with Crippen LogP contribution in [0.4, 0.5) is 0 Å². The van der Waals surface area contributed by atoms with Crippen molar-refractivity contribution >= 4 is 0 Å². The number of hydrogen-bond acceptors (Lipinski definition) is 5. The second-order valence-electron chi connectivity index (χ2n) is 7.81. The van der Waals surface area contributed by atoms with Crippen LogP contribution in [0.1, 0.15) is 36.8 Å². The molecule has 4 rings (SSSR count). The van der Waals surface area contributed by atoms with E-state index in [1.807, 2.05) is 0 Å². The summed E-state index contributed by atoms with van der Waals surface area (Å²) < 4.78 is 22.9. The van der Waals surface area contributed by atoms with E-state index in [0.29, 0.717) is 0 Å². The highest BCUT2D eigenvalue weighted by molar-refractivity contribution is 5.50. The van der Waals surface area contributed by atoms with Crippen LogP contribution in [0.5, 0.6) is 11.5 Å². The number of nitrogens with zero attached hydrogens (tertiary/aromatic N) is 1. The fourth-order valence-corrected chi connectivity index (χ4v) is 4.79. The van der Waals surface area contributed by atoms with Gasteiger partial charge in [-0.15, -0.1) is 0 Å². The third-order valence-electron chi connectivity index (χ3n) is 6.37. The van der Waals surface area contributed by atoms with E-state index in [9.17, 15) is 0 Å². The van der Waals surface area contributed by atoms with Crippen LogP contribution in [-0.2, 0) is 21.5 Å². The zero-order chi connectivity index (χ0) is 18.0. The maximum atomic E-state index is 6.40. The van der Waals surface area contributed by atoms with Crippen LogP contribution in [-0.4, -0.2) is 58.6 Å². The Morgan fingerprint density at radius 2 is 1.73 bits per heavy atom. The summed E-state index contributed by atoms with van der Waals surface area (Å²) >= 11 is 0. The molecule has 26 heavy (non-hydrogen) atoms. The molecule has 2 fully saturated rings. The first-order chi connectivity index (χ1) is 12.7. The third kappa shape index (κ3) is 3.45. The molecule has 3 aliphatic rings. The molecule has 0 atom stereocenters. The van der Waals surface area contributed by atoms with Gasteiger partial charge in [-0.05, 0) is 61.3 Å². The summed E-state index contributed by atoms with van der Waals surface area (Å²) in [4.78, 5) is 2.62. The van der Waals surface area contributed by atoms with Crippen molar-refractivity contribution in [2.75, 3.05) is 53.7 Å². The van der Waals surface area contributed by atoms with Gasteiger partial charge in [-0.2, -0.15) is 0 Å².